The van der Waals surface area contributed by atoms with Gasteiger partial charge >= 0.3 is 0 Å². The lowest BCUT2D eigenvalue weighted by atomic mass is 9.97. The first-order valence-electron chi connectivity index (χ1n) is 9.45. The summed E-state index contributed by atoms with van der Waals surface area (Å²) in [5.74, 6) is 0.787. The van der Waals surface area contributed by atoms with E-state index in [0.29, 0.717) is 0 Å². The number of nitrogens with one attached hydrogen (secondary N) is 1. The maximum atomic E-state index is 4.00. The normalized spacial score (nSPS) is 12.3. The Hall–Kier alpha value is -1.50. The van der Waals surface area contributed by atoms with E-state index in [1.807, 2.05) is 31.2 Å². The van der Waals surface area contributed by atoms with Crippen molar-refractivity contribution >= 4 is 0 Å². The van der Waals surface area contributed by atoms with Gasteiger partial charge in [0.25, 0.3) is 0 Å². The molecule has 0 aromatic heterocycles. The molecule has 0 spiro atoms. The Labute approximate surface area is 152 Å². The zero-order valence-electron chi connectivity index (χ0n) is 17.0. The number of unbranched alkanes of at least 4 members (excludes halogenated alkanes) is 1. The van der Waals surface area contributed by atoms with E-state index in [9.17, 15) is 0 Å². The van der Waals surface area contributed by atoms with Gasteiger partial charge in [0.15, 0.2) is 0 Å². The molecule has 1 heteroatoms. The quantitative estimate of drug-likeness (QED) is 0.368. The van der Waals surface area contributed by atoms with E-state index < -0.39 is 0 Å². The smallest absolute Gasteiger partial charge is 0.0267 e. The van der Waals surface area contributed by atoms with Gasteiger partial charge in [0, 0.05) is 12.2 Å². The van der Waals surface area contributed by atoms with Crippen LogP contribution in [-0.2, 0) is 0 Å². The fraction of sp³-hybridized carbons (Fsp3) is 0.565. The van der Waals surface area contributed by atoms with Crippen LogP contribution in [0.25, 0.3) is 0 Å². The molecule has 0 aromatic rings. The number of rotatable bonds is 12. The summed E-state index contributed by atoms with van der Waals surface area (Å²) >= 11 is 0. The molecule has 0 aliphatic heterocycles. The third-order valence-corrected chi connectivity index (χ3v) is 3.81. The second-order valence-electron chi connectivity index (χ2n) is 6.49. The topological polar surface area (TPSA) is 12.0 Å². The van der Waals surface area contributed by atoms with Gasteiger partial charge in [0.05, 0.1) is 0 Å². The Kier molecular flexibility index (Phi) is 18.4. The van der Waals surface area contributed by atoms with Crippen LogP contribution in [0.4, 0.5) is 0 Å². The molecule has 1 N–H and O–H groups in total. The molecule has 0 bridgehead atoms. The molecule has 0 saturated carbocycles. The average molecular weight is 332 g/mol. The maximum absolute atomic E-state index is 4.00. The molecular formula is C23H41N. The van der Waals surface area contributed by atoms with Crippen LogP contribution in [0, 0.1) is 5.92 Å². The minimum Gasteiger partial charge on any atom is -0.385 e. The van der Waals surface area contributed by atoms with Crippen molar-refractivity contribution < 1.29 is 0 Å². The monoisotopic (exact) mass is 331 g/mol. The Balaban J connectivity index is 0. The van der Waals surface area contributed by atoms with Crippen molar-refractivity contribution in [3.63, 3.8) is 0 Å². The lowest BCUT2D eigenvalue weighted by Crippen LogP contribution is -2.21. The third kappa shape index (κ3) is 18.5. The van der Waals surface area contributed by atoms with Crippen molar-refractivity contribution in [3.8, 4) is 0 Å². The molecular weight excluding hydrogens is 290 g/mol. The third-order valence-electron chi connectivity index (χ3n) is 3.81. The van der Waals surface area contributed by atoms with Gasteiger partial charge in [-0.2, -0.15) is 0 Å². The SMILES string of the molecule is C=C(C)/C=C\C(=C)NCC(CCC)CCCC.C=C/C=C(/C)CC. The van der Waals surface area contributed by atoms with Crippen LogP contribution in [0.5, 0.6) is 0 Å². The molecule has 24 heavy (non-hydrogen) atoms. The summed E-state index contributed by atoms with van der Waals surface area (Å²) in [6, 6.07) is 0. The van der Waals surface area contributed by atoms with Crippen molar-refractivity contribution in [3.05, 3.63) is 60.9 Å². The van der Waals surface area contributed by atoms with Crippen LogP contribution in [-0.4, -0.2) is 6.54 Å². The minimum atomic E-state index is 0.787. The van der Waals surface area contributed by atoms with Crippen LogP contribution in [0.2, 0.25) is 0 Å². The van der Waals surface area contributed by atoms with Crippen LogP contribution >= 0.6 is 0 Å². The van der Waals surface area contributed by atoms with Crippen molar-refractivity contribution in [1.29, 1.82) is 0 Å². The van der Waals surface area contributed by atoms with E-state index in [1.165, 1.54) is 37.7 Å². The van der Waals surface area contributed by atoms with Crippen molar-refractivity contribution in [2.45, 2.75) is 73.1 Å². The Morgan fingerprint density at radius 3 is 2.08 bits per heavy atom. The predicted octanol–water partition coefficient (Wildman–Crippen LogP) is 7.36. The average Bonchev–Trinajstić information content (AvgIpc) is 2.56. The standard InChI is InChI=1S/C16H29N.C7H12/c1-6-8-10-16(9-7-2)13-17-15(5)12-11-14(3)4;1-4-6-7(3)5-2/h11-12,16-17H,3,5-10,13H2,1-2,4H3;4,6H,1,5H2,2-3H3/b12-11-;7-6-. The second-order valence-corrected chi connectivity index (χ2v) is 6.49. The van der Waals surface area contributed by atoms with E-state index in [2.05, 4.69) is 52.7 Å². The molecule has 0 aliphatic carbocycles. The highest BCUT2D eigenvalue weighted by molar-refractivity contribution is 5.21. The number of allylic oxidation sites excluding steroid dienone is 6. The molecule has 0 amide bonds. The van der Waals surface area contributed by atoms with Crippen LogP contribution in [0.3, 0.4) is 0 Å². The van der Waals surface area contributed by atoms with E-state index >= 15 is 0 Å². The first kappa shape index (κ1) is 24.7. The van der Waals surface area contributed by atoms with Gasteiger partial charge in [-0.15, -0.1) is 0 Å². The first-order chi connectivity index (χ1) is 11.4. The fourth-order valence-electron chi connectivity index (χ4n) is 2.15. The highest BCUT2D eigenvalue weighted by Gasteiger charge is 2.06. The summed E-state index contributed by atoms with van der Waals surface area (Å²) < 4.78 is 0. The van der Waals surface area contributed by atoms with Crippen molar-refractivity contribution in [2.75, 3.05) is 6.54 Å². The molecule has 1 atom stereocenters. The van der Waals surface area contributed by atoms with Gasteiger partial charge in [0.2, 0.25) is 0 Å². The number of hydrogen-bond acceptors (Lipinski definition) is 1. The second kappa shape index (κ2) is 17.8. The highest BCUT2D eigenvalue weighted by Crippen LogP contribution is 2.14. The fourth-order valence-corrected chi connectivity index (χ4v) is 2.15. The van der Waals surface area contributed by atoms with E-state index in [0.717, 1.165) is 30.2 Å². The summed E-state index contributed by atoms with van der Waals surface area (Å²) in [5, 5.41) is 3.41. The summed E-state index contributed by atoms with van der Waals surface area (Å²) in [5.41, 5.74) is 3.43. The Morgan fingerprint density at radius 2 is 1.67 bits per heavy atom. The Morgan fingerprint density at radius 1 is 1.00 bits per heavy atom. The van der Waals surface area contributed by atoms with Gasteiger partial charge in [-0.3, -0.25) is 0 Å². The minimum absolute atomic E-state index is 0.787. The molecule has 0 heterocycles. The molecule has 1 nitrogen and oxygen atoms in total. The van der Waals surface area contributed by atoms with Gasteiger partial charge in [-0.25, -0.2) is 0 Å². The highest BCUT2D eigenvalue weighted by atomic mass is 14.9. The van der Waals surface area contributed by atoms with Crippen LogP contribution in [0.15, 0.2) is 60.9 Å². The molecule has 0 rings (SSSR count). The van der Waals surface area contributed by atoms with Crippen LogP contribution < -0.4 is 5.32 Å². The largest absolute Gasteiger partial charge is 0.385 e. The van der Waals surface area contributed by atoms with Gasteiger partial charge in [0.1, 0.15) is 0 Å². The van der Waals surface area contributed by atoms with Gasteiger partial charge < -0.3 is 5.32 Å². The molecule has 0 fully saturated rings. The molecule has 0 aromatic carbocycles. The van der Waals surface area contributed by atoms with Gasteiger partial charge in [-0.1, -0.05) is 89.1 Å². The zero-order chi connectivity index (χ0) is 18.8. The summed E-state index contributed by atoms with van der Waals surface area (Å²) in [6.07, 6.45) is 15.5. The predicted molar refractivity (Wildman–Crippen MR) is 113 cm³/mol. The molecule has 1 unspecified atom stereocenters. The van der Waals surface area contributed by atoms with Crippen LogP contribution in [0.1, 0.15) is 73.1 Å². The lowest BCUT2D eigenvalue weighted by Gasteiger charge is -2.17. The van der Waals surface area contributed by atoms with E-state index in [1.54, 1.807) is 0 Å². The van der Waals surface area contributed by atoms with Gasteiger partial charge in [-0.05, 0) is 45.1 Å². The van der Waals surface area contributed by atoms with Crippen molar-refractivity contribution in [2.24, 2.45) is 5.92 Å². The van der Waals surface area contributed by atoms with Crippen molar-refractivity contribution in [1.82, 2.24) is 5.32 Å². The van der Waals surface area contributed by atoms with E-state index in [4.69, 9.17) is 0 Å². The lowest BCUT2D eigenvalue weighted by molar-refractivity contribution is 0.417. The first-order valence-corrected chi connectivity index (χ1v) is 9.45. The molecule has 0 aliphatic rings. The molecule has 138 valence electrons. The van der Waals surface area contributed by atoms with E-state index in [-0.39, 0.29) is 0 Å². The summed E-state index contributed by atoms with van der Waals surface area (Å²) in [4.78, 5) is 0. The summed E-state index contributed by atoms with van der Waals surface area (Å²) in [6.45, 7) is 23.2. The zero-order valence-corrected chi connectivity index (χ0v) is 17.0. The Bertz CT molecular complexity index is 398. The number of hydrogen-bond donors (Lipinski definition) is 1. The maximum Gasteiger partial charge on any atom is 0.0267 e. The molecule has 0 saturated heterocycles. The summed E-state index contributed by atoms with van der Waals surface area (Å²) in [7, 11) is 0. The molecule has 0 radical (unpaired) electrons.